The van der Waals surface area contributed by atoms with E-state index in [-0.39, 0.29) is 15.7 Å². The number of hydrogen-bond acceptors (Lipinski definition) is 3. The topological polar surface area (TPSA) is 50.9 Å². The molecule has 0 saturated heterocycles. The van der Waals surface area contributed by atoms with E-state index in [1.807, 2.05) is 0 Å². The van der Waals surface area contributed by atoms with Crippen LogP contribution in [0.25, 0.3) is 0 Å². The third-order valence-corrected chi connectivity index (χ3v) is 3.02. The summed E-state index contributed by atoms with van der Waals surface area (Å²) in [6, 6.07) is 6.47. The largest absolute Gasteiger partial charge is 0.418 e. The van der Waals surface area contributed by atoms with Gasteiger partial charge in [-0.15, -0.1) is 0 Å². The van der Waals surface area contributed by atoms with E-state index in [2.05, 4.69) is 10.3 Å². The first kappa shape index (κ1) is 15.5. The number of halogens is 4. The Balaban J connectivity index is 2.40. The zero-order valence-electron chi connectivity index (χ0n) is 10.4. The highest BCUT2D eigenvalue weighted by atomic mass is 35.5. The van der Waals surface area contributed by atoms with Crippen LogP contribution in [-0.4, -0.2) is 9.97 Å². The maximum Gasteiger partial charge on any atom is 0.418 e. The maximum atomic E-state index is 13.0. The van der Waals surface area contributed by atoms with Gasteiger partial charge < -0.3 is 11.1 Å². The lowest BCUT2D eigenvalue weighted by Crippen LogP contribution is -2.12. The van der Waals surface area contributed by atoms with Crippen molar-refractivity contribution < 1.29 is 13.2 Å². The molecular weight excluding hydrogens is 323 g/mol. The zero-order valence-corrected chi connectivity index (χ0v) is 12.0. The van der Waals surface area contributed by atoms with Gasteiger partial charge in [0.2, 0.25) is 0 Å². The number of benzene rings is 1. The average Bonchev–Trinajstić information content (AvgIpc) is 2.40. The monoisotopic (exact) mass is 331 g/mol. The first-order valence-electron chi connectivity index (χ1n) is 5.67. The summed E-state index contributed by atoms with van der Waals surface area (Å²) in [4.78, 5) is 3.98. The molecule has 0 aliphatic rings. The summed E-state index contributed by atoms with van der Waals surface area (Å²) in [7, 11) is 0. The van der Waals surface area contributed by atoms with E-state index in [1.54, 1.807) is 0 Å². The van der Waals surface area contributed by atoms with Crippen LogP contribution in [0.1, 0.15) is 11.3 Å². The van der Waals surface area contributed by atoms with Gasteiger partial charge in [0, 0.05) is 16.9 Å². The molecule has 1 aromatic heterocycles. The molecule has 0 amide bonds. The van der Waals surface area contributed by atoms with Gasteiger partial charge >= 0.3 is 6.18 Å². The highest BCUT2D eigenvalue weighted by Gasteiger charge is 2.33. The molecule has 3 nitrogen and oxygen atoms in total. The Bertz CT molecular complexity index is 689. The molecule has 2 rings (SSSR count). The van der Waals surface area contributed by atoms with Gasteiger partial charge in [0.25, 0.3) is 0 Å². The lowest BCUT2D eigenvalue weighted by molar-refractivity contribution is -0.136. The minimum atomic E-state index is -4.52. The molecule has 0 spiro atoms. The molecule has 110 valence electrons. The van der Waals surface area contributed by atoms with E-state index in [1.165, 1.54) is 30.5 Å². The molecule has 0 aliphatic carbocycles. The summed E-state index contributed by atoms with van der Waals surface area (Å²) in [6.45, 7) is 0. The van der Waals surface area contributed by atoms with Crippen molar-refractivity contribution in [2.75, 3.05) is 5.32 Å². The van der Waals surface area contributed by atoms with Crippen molar-refractivity contribution in [3.63, 3.8) is 0 Å². The molecule has 1 aromatic carbocycles. The second-order valence-electron chi connectivity index (χ2n) is 4.11. The summed E-state index contributed by atoms with van der Waals surface area (Å²) >= 11 is 10.4. The summed E-state index contributed by atoms with van der Waals surface area (Å²) in [5, 5.41) is 2.67. The molecule has 2 aromatic rings. The average molecular weight is 332 g/mol. The van der Waals surface area contributed by atoms with Crippen molar-refractivity contribution >= 4 is 40.2 Å². The Morgan fingerprint density at radius 1 is 1.24 bits per heavy atom. The van der Waals surface area contributed by atoms with E-state index < -0.39 is 11.7 Å². The van der Waals surface area contributed by atoms with Gasteiger partial charge in [0.15, 0.2) is 0 Å². The van der Waals surface area contributed by atoms with Crippen LogP contribution in [0.4, 0.5) is 24.5 Å². The van der Waals surface area contributed by atoms with E-state index in [9.17, 15) is 13.2 Å². The molecular formula is C13H9ClF3N3S. The Kier molecular flexibility index (Phi) is 4.34. The quantitative estimate of drug-likeness (QED) is 0.830. The summed E-state index contributed by atoms with van der Waals surface area (Å²) in [5.74, 6) is 0. The Morgan fingerprint density at radius 2 is 1.95 bits per heavy atom. The molecule has 0 atom stereocenters. The van der Waals surface area contributed by atoms with E-state index in [0.717, 1.165) is 6.07 Å². The molecule has 8 heteroatoms. The van der Waals surface area contributed by atoms with Gasteiger partial charge in [0.1, 0.15) is 4.99 Å². The molecule has 3 N–H and O–H groups in total. The Labute approximate surface area is 128 Å². The second-order valence-corrected chi connectivity index (χ2v) is 4.98. The van der Waals surface area contributed by atoms with Crippen molar-refractivity contribution in [1.29, 1.82) is 0 Å². The van der Waals surface area contributed by atoms with Crippen molar-refractivity contribution in [1.82, 2.24) is 4.98 Å². The van der Waals surface area contributed by atoms with Gasteiger partial charge in [-0.3, -0.25) is 4.98 Å². The number of aromatic nitrogens is 1. The fourth-order valence-electron chi connectivity index (χ4n) is 1.66. The zero-order chi connectivity index (χ0) is 15.6. The van der Waals surface area contributed by atoms with Crippen molar-refractivity contribution in [3.05, 3.63) is 52.8 Å². The number of thiocarbonyl (C=S) groups is 1. The lowest BCUT2D eigenvalue weighted by atomic mass is 10.1. The minimum Gasteiger partial charge on any atom is -0.388 e. The molecule has 0 bridgehead atoms. The van der Waals surface area contributed by atoms with Crippen LogP contribution in [-0.2, 0) is 6.18 Å². The number of nitrogens with zero attached hydrogens (tertiary/aromatic N) is 1. The third kappa shape index (κ3) is 3.83. The number of nitrogens with two attached hydrogens (primary N) is 1. The first-order valence-corrected chi connectivity index (χ1v) is 6.45. The number of nitrogens with one attached hydrogen (secondary N) is 1. The van der Waals surface area contributed by atoms with Crippen LogP contribution < -0.4 is 11.1 Å². The summed E-state index contributed by atoms with van der Waals surface area (Å²) < 4.78 is 39.0. The molecule has 0 radical (unpaired) electrons. The highest BCUT2D eigenvalue weighted by Crippen LogP contribution is 2.37. The van der Waals surface area contributed by atoms with Crippen LogP contribution >= 0.6 is 23.8 Å². The molecule has 0 aliphatic heterocycles. The lowest BCUT2D eigenvalue weighted by Gasteiger charge is -2.15. The molecule has 0 saturated carbocycles. The van der Waals surface area contributed by atoms with Gasteiger partial charge in [-0.05, 0) is 30.3 Å². The number of rotatable bonds is 3. The van der Waals surface area contributed by atoms with Crippen molar-refractivity contribution in [2.45, 2.75) is 6.18 Å². The Morgan fingerprint density at radius 3 is 2.57 bits per heavy atom. The number of alkyl halides is 3. The van der Waals surface area contributed by atoms with Gasteiger partial charge in [-0.1, -0.05) is 23.8 Å². The predicted octanol–water partition coefficient (Wildman–Crippen LogP) is 4.13. The predicted molar refractivity (Wildman–Crippen MR) is 79.9 cm³/mol. The second kappa shape index (κ2) is 5.87. The smallest absolute Gasteiger partial charge is 0.388 e. The maximum absolute atomic E-state index is 13.0. The normalized spacial score (nSPS) is 11.2. The molecule has 0 unspecified atom stereocenters. The fraction of sp³-hybridized carbons (Fsp3) is 0.0769. The minimum absolute atomic E-state index is 0.00595. The fourth-order valence-corrected chi connectivity index (χ4v) is 1.94. The van der Waals surface area contributed by atoms with E-state index in [0.29, 0.717) is 11.4 Å². The van der Waals surface area contributed by atoms with Gasteiger partial charge in [0.05, 0.1) is 16.9 Å². The van der Waals surface area contributed by atoms with Crippen LogP contribution in [0.5, 0.6) is 0 Å². The van der Waals surface area contributed by atoms with Crippen molar-refractivity contribution in [3.8, 4) is 0 Å². The van der Waals surface area contributed by atoms with E-state index >= 15 is 0 Å². The van der Waals surface area contributed by atoms with Gasteiger partial charge in [-0.2, -0.15) is 13.2 Å². The molecule has 0 fully saturated rings. The standard InChI is InChI=1S/C13H9ClF3N3S/c14-7-1-2-10(9(5-7)13(15,16)17)20-8-3-4-19-11(6-8)12(18)21/h1-6H,(H2,18,21)(H,19,20). The van der Waals surface area contributed by atoms with E-state index in [4.69, 9.17) is 29.6 Å². The first-order chi connectivity index (χ1) is 9.77. The van der Waals surface area contributed by atoms with Crippen LogP contribution in [0, 0.1) is 0 Å². The van der Waals surface area contributed by atoms with Crippen molar-refractivity contribution in [2.24, 2.45) is 5.73 Å². The summed E-state index contributed by atoms with van der Waals surface area (Å²) in [6.07, 6.45) is -3.12. The molecule has 21 heavy (non-hydrogen) atoms. The van der Waals surface area contributed by atoms with Crippen LogP contribution in [0.3, 0.4) is 0 Å². The number of hydrogen-bond donors (Lipinski definition) is 2. The van der Waals surface area contributed by atoms with Gasteiger partial charge in [-0.25, -0.2) is 0 Å². The number of anilines is 2. The SMILES string of the molecule is NC(=S)c1cc(Nc2ccc(Cl)cc2C(F)(F)F)ccn1. The van der Waals surface area contributed by atoms with Crippen LogP contribution in [0.2, 0.25) is 5.02 Å². The number of pyridine rings is 1. The third-order valence-electron chi connectivity index (χ3n) is 2.58. The molecule has 1 heterocycles. The summed E-state index contributed by atoms with van der Waals surface area (Å²) in [5.41, 5.74) is 5.17. The Hall–Kier alpha value is -1.86. The highest BCUT2D eigenvalue weighted by molar-refractivity contribution is 7.80. The van der Waals surface area contributed by atoms with Crippen LogP contribution in [0.15, 0.2) is 36.5 Å².